The number of aryl methyl sites for hydroxylation is 1. The summed E-state index contributed by atoms with van der Waals surface area (Å²) >= 11 is 0. The Hall–Kier alpha value is -2.51. The third-order valence-electron chi connectivity index (χ3n) is 5.99. The van der Waals surface area contributed by atoms with Crippen molar-refractivity contribution in [3.8, 4) is 0 Å². The zero-order valence-corrected chi connectivity index (χ0v) is 18.4. The topological polar surface area (TPSA) is 67.5 Å². The van der Waals surface area contributed by atoms with Crippen molar-refractivity contribution in [3.63, 3.8) is 0 Å². The molecule has 4 rings (SSSR count). The largest absolute Gasteiger partial charge is 0.374 e. The Morgan fingerprint density at radius 3 is 2.77 bits per heavy atom. The highest BCUT2D eigenvalue weighted by Gasteiger charge is 2.22. The van der Waals surface area contributed by atoms with Crippen molar-refractivity contribution in [2.75, 3.05) is 38.2 Å². The molecule has 30 heavy (non-hydrogen) atoms. The van der Waals surface area contributed by atoms with Gasteiger partial charge in [0.05, 0.1) is 17.7 Å². The number of para-hydroxylation sites is 1. The average Bonchev–Trinajstić information content (AvgIpc) is 3.10. The highest BCUT2D eigenvalue weighted by Crippen LogP contribution is 2.33. The van der Waals surface area contributed by atoms with Gasteiger partial charge in [0.25, 0.3) is 0 Å². The second-order valence-electron chi connectivity index (χ2n) is 7.94. The molecule has 0 aliphatic carbocycles. The average molecular weight is 410 g/mol. The van der Waals surface area contributed by atoms with Gasteiger partial charge in [0, 0.05) is 44.4 Å². The smallest absolute Gasteiger partial charge is 0.240 e. The number of fused-ring (bicyclic) bond motifs is 1. The van der Waals surface area contributed by atoms with Gasteiger partial charge in [-0.05, 0) is 38.3 Å². The summed E-state index contributed by atoms with van der Waals surface area (Å²) in [6.07, 6.45) is 1.92. The normalized spacial score (nSPS) is 16.7. The van der Waals surface area contributed by atoms with E-state index >= 15 is 0 Å². The van der Waals surface area contributed by atoms with Gasteiger partial charge in [-0.1, -0.05) is 30.3 Å². The number of benzene rings is 1. The Kier molecular flexibility index (Phi) is 6.29. The minimum atomic E-state index is -0.155. The SMILES string of the molecule is CCc1c(C)nc2ccccc2c1N1CCCN(Cc2nc(C(C)OC)no2)CC1. The van der Waals surface area contributed by atoms with Gasteiger partial charge in [0.2, 0.25) is 5.89 Å². The van der Waals surface area contributed by atoms with E-state index in [1.807, 2.05) is 6.92 Å². The van der Waals surface area contributed by atoms with Crippen LogP contribution in [0.2, 0.25) is 0 Å². The van der Waals surface area contributed by atoms with Crippen molar-refractivity contribution in [2.45, 2.75) is 46.3 Å². The Morgan fingerprint density at radius 2 is 1.97 bits per heavy atom. The van der Waals surface area contributed by atoms with Gasteiger partial charge in [-0.25, -0.2) is 0 Å². The van der Waals surface area contributed by atoms with Gasteiger partial charge >= 0.3 is 0 Å². The number of ether oxygens (including phenoxy) is 1. The fraction of sp³-hybridized carbons (Fsp3) is 0.522. The van der Waals surface area contributed by atoms with Gasteiger partial charge in [-0.15, -0.1) is 0 Å². The second-order valence-corrected chi connectivity index (χ2v) is 7.94. The molecule has 3 heterocycles. The van der Waals surface area contributed by atoms with E-state index in [1.165, 1.54) is 16.6 Å². The lowest BCUT2D eigenvalue weighted by Crippen LogP contribution is -2.31. The lowest BCUT2D eigenvalue weighted by Gasteiger charge is -2.28. The minimum Gasteiger partial charge on any atom is -0.374 e. The number of methoxy groups -OCH3 is 1. The molecule has 2 aromatic heterocycles. The molecule has 0 amide bonds. The summed E-state index contributed by atoms with van der Waals surface area (Å²) < 4.78 is 10.7. The standard InChI is InChI=1S/C23H31N5O2/c1-5-18-16(2)24-20-10-7-6-9-19(20)22(18)28-12-8-11-27(13-14-28)15-21-25-23(26-30-21)17(3)29-4/h6-7,9-10,17H,5,8,11-15H2,1-4H3. The van der Waals surface area contributed by atoms with Crippen LogP contribution in [-0.2, 0) is 17.7 Å². The molecule has 0 N–H and O–H groups in total. The number of rotatable bonds is 6. The highest BCUT2D eigenvalue weighted by atomic mass is 16.5. The van der Waals surface area contributed by atoms with Gasteiger partial charge in [-0.2, -0.15) is 4.98 Å². The number of pyridine rings is 1. The van der Waals surface area contributed by atoms with Crippen molar-refractivity contribution in [3.05, 3.63) is 47.2 Å². The Bertz CT molecular complexity index is 1000. The predicted molar refractivity (Wildman–Crippen MR) is 118 cm³/mol. The van der Waals surface area contributed by atoms with E-state index in [2.05, 4.69) is 58.1 Å². The lowest BCUT2D eigenvalue weighted by molar-refractivity contribution is 0.109. The number of hydrogen-bond donors (Lipinski definition) is 0. The van der Waals surface area contributed by atoms with Crippen LogP contribution >= 0.6 is 0 Å². The van der Waals surface area contributed by atoms with Crippen LogP contribution in [0, 0.1) is 6.92 Å². The Morgan fingerprint density at radius 1 is 1.13 bits per heavy atom. The maximum Gasteiger partial charge on any atom is 0.240 e. The summed E-state index contributed by atoms with van der Waals surface area (Å²) in [4.78, 5) is 14.3. The number of aromatic nitrogens is 3. The molecule has 1 fully saturated rings. The third kappa shape index (κ3) is 4.18. The quantitative estimate of drug-likeness (QED) is 0.611. The fourth-order valence-electron chi connectivity index (χ4n) is 4.28. The zero-order valence-electron chi connectivity index (χ0n) is 18.4. The third-order valence-corrected chi connectivity index (χ3v) is 5.99. The fourth-order valence-corrected chi connectivity index (χ4v) is 4.28. The molecule has 0 spiro atoms. The molecule has 7 nitrogen and oxygen atoms in total. The highest BCUT2D eigenvalue weighted by molar-refractivity contribution is 5.94. The van der Waals surface area contributed by atoms with E-state index in [9.17, 15) is 0 Å². The molecule has 1 aliphatic heterocycles. The first kappa shape index (κ1) is 20.8. The summed E-state index contributed by atoms with van der Waals surface area (Å²) in [5.41, 5.74) is 4.93. The molecule has 0 saturated carbocycles. The van der Waals surface area contributed by atoms with Crippen molar-refractivity contribution in [1.82, 2.24) is 20.0 Å². The molecule has 0 bridgehead atoms. The van der Waals surface area contributed by atoms with Crippen LogP contribution in [0.4, 0.5) is 5.69 Å². The lowest BCUT2D eigenvalue weighted by atomic mass is 10.0. The van der Waals surface area contributed by atoms with Crippen LogP contribution in [0.25, 0.3) is 10.9 Å². The van der Waals surface area contributed by atoms with E-state index in [4.69, 9.17) is 14.2 Å². The van der Waals surface area contributed by atoms with Gasteiger partial charge in [-0.3, -0.25) is 9.88 Å². The minimum absolute atomic E-state index is 0.155. The molecule has 7 heteroatoms. The van der Waals surface area contributed by atoms with Crippen LogP contribution in [0.3, 0.4) is 0 Å². The van der Waals surface area contributed by atoms with E-state index < -0.39 is 0 Å². The van der Waals surface area contributed by atoms with Crippen molar-refractivity contribution >= 4 is 16.6 Å². The Balaban J connectivity index is 1.53. The van der Waals surface area contributed by atoms with Crippen molar-refractivity contribution in [2.24, 2.45) is 0 Å². The summed E-state index contributed by atoms with van der Waals surface area (Å²) in [5.74, 6) is 1.26. The molecule has 1 unspecified atom stereocenters. The number of nitrogens with zero attached hydrogens (tertiary/aromatic N) is 5. The van der Waals surface area contributed by atoms with Crippen LogP contribution in [0.5, 0.6) is 0 Å². The first-order valence-corrected chi connectivity index (χ1v) is 10.8. The first-order valence-electron chi connectivity index (χ1n) is 10.8. The summed E-state index contributed by atoms with van der Waals surface area (Å²) in [7, 11) is 1.65. The Labute approximate surface area is 178 Å². The maximum atomic E-state index is 5.45. The molecule has 1 aromatic carbocycles. The van der Waals surface area contributed by atoms with Crippen LogP contribution in [0.1, 0.15) is 49.3 Å². The first-order chi connectivity index (χ1) is 14.6. The summed E-state index contributed by atoms with van der Waals surface area (Å²) in [5, 5.41) is 5.30. The molecular formula is C23H31N5O2. The van der Waals surface area contributed by atoms with E-state index in [0.717, 1.165) is 50.2 Å². The van der Waals surface area contributed by atoms with Crippen LogP contribution in [0.15, 0.2) is 28.8 Å². The molecular weight excluding hydrogens is 378 g/mol. The van der Waals surface area contributed by atoms with Gasteiger partial charge in [0.1, 0.15) is 6.10 Å². The molecule has 1 aliphatic rings. The van der Waals surface area contributed by atoms with E-state index in [1.54, 1.807) is 7.11 Å². The molecule has 1 saturated heterocycles. The molecule has 0 radical (unpaired) electrons. The van der Waals surface area contributed by atoms with Gasteiger partial charge in [0.15, 0.2) is 5.82 Å². The summed E-state index contributed by atoms with van der Waals surface area (Å²) in [6, 6.07) is 8.50. The van der Waals surface area contributed by atoms with E-state index in [-0.39, 0.29) is 6.10 Å². The predicted octanol–water partition coefficient (Wildman–Crippen LogP) is 3.91. The maximum absolute atomic E-state index is 5.45. The molecule has 160 valence electrons. The number of anilines is 1. The van der Waals surface area contributed by atoms with E-state index in [0.29, 0.717) is 18.3 Å². The second kappa shape index (κ2) is 9.10. The van der Waals surface area contributed by atoms with Crippen molar-refractivity contribution in [1.29, 1.82) is 0 Å². The zero-order chi connectivity index (χ0) is 21.1. The molecule has 1 atom stereocenters. The van der Waals surface area contributed by atoms with Crippen LogP contribution < -0.4 is 4.90 Å². The van der Waals surface area contributed by atoms with Crippen molar-refractivity contribution < 1.29 is 9.26 Å². The monoisotopic (exact) mass is 409 g/mol. The van der Waals surface area contributed by atoms with Crippen LogP contribution in [-0.4, -0.2) is 53.3 Å². The van der Waals surface area contributed by atoms with Gasteiger partial charge < -0.3 is 14.2 Å². The molecule has 3 aromatic rings. The number of hydrogen-bond acceptors (Lipinski definition) is 7. The summed E-state index contributed by atoms with van der Waals surface area (Å²) in [6.45, 7) is 10.9.